The maximum absolute atomic E-state index is 11.3. The van der Waals surface area contributed by atoms with Crippen LogP contribution in [0.5, 0.6) is 0 Å². The largest absolute Gasteiger partial charge is 0.468 e. The monoisotopic (exact) mass is 286 g/mol. The molecule has 0 aromatic carbocycles. The van der Waals surface area contributed by atoms with Crippen LogP contribution in [0.1, 0.15) is 5.56 Å². The van der Waals surface area contributed by atoms with Crippen LogP contribution in [-0.4, -0.2) is 49.1 Å². The number of nitrogens with zero attached hydrogens (tertiary/aromatic N) is 2. The number of carbonyl (C=O) groups excluding carboxylic acids is 2. The maximum atomic E-state index is 11.3. The molecule has 0 aliphatic rings. The predicted octanol–water partition coefficient (Wildman–Crippen LogP) is 0.883. The van der Waals surface area contributed by atoms with E-state index in [1.165, 1.54) is 14.2 Å². The molecule has 0 aliphatic carbocycles. The Balaban J connectivity index is 2.72. The van der Waals surface area contributed by atoms with Gasteiger partial charge < -0.3 is 9.47 Å². The van der Waals surface area contributed by atoms with Gasteiger partial charge in [-0.15, -0.1) is 0 Å². The lowest BCUT2D eigenvalue weighted by atomic mass is 10.2. The molecule has 0 spiro atoms. The number of pyridine rings is 1. The van der Waals surface area contributed by atoms with Crippen molar-refractivity contribution in [3.63, 3.8) is 0 Å². The summed E-state index contributed by atoms with van der Waals surface area (Å²) in [6, 6.07) is 3.43. The molecule has 0 aliphatic heterocycles. The summed E-state index contributed by atoms with van der Waals surface area (Å²) in [5.41, 5.74) is 0.841. The Hall–Kier alpha value is -1.66. The Morgan fingerprint density at radius 2 is 1.84 bits per heavy atom. The Labute approximate surface area is 116 Å². The fraction of sp³-hybridized carbons (Fsp3) is 0.417. The molecule has 1 rings (SSSR count). The van der Waals surface area contributed by atoms with Crippen LogP contribution in [0.15, 0.2) is 18.3 Å². The van der Waals surface area contributed by atoms with Crippen molar-refractivity contribution in [3.05, 3.63) is 29.0 Å². The average molecular weight is 287 g/mol. The molecule has 0 unspecified atom stereocenters. The molecule has 0 saturated heterocycles. The van der Waals surface area contributed by atoms with E-state index in [0.717, 1.165) is 5.56 Å². The van der Waals surface area contributed by atoms with Crippen molar-refractivity contribution in [1.29, 1.82) is 0 Å². The van der Waals surface area contributed by atoms with Crippen molar-refractivity contribution in [1.82, 2.24) is 9.88 Å². The highest BCUT2D eigenvalue weighted by Crippen LogP contribution is 2.10. The number of ether oxygens (including phenoxy) is 2. The number of aromatic nitrogens is 1. The van der Waals surface area contributed by atoms with Crippen LogP contribution in [0.4, 0.5) is 0 Å². The van der Waals surface area contributed by atoms with Crippen LogP contribution in [-0.2, 0) is 25.6 Å². The second kappa shape index (κ2) is 7.70. The van der Waals surface area contributed by atoms with E-state index < -0.39 is 11.9 Å². The topological polar surface area (TPSA) is 68.7 Å². The summed E-state index contributed by atoms with van der Waals surface area (Å²) in [6.45, 7) is 0.351. The summed E-state index contributed by atoms with van der Waals surface area (Å²) >= 11 is 5.78. The highest BCUT2D eigenvalue weighted by atomic mass is 35.5. The number of carbonyl (C=O) groups is 2. The van der Waals surface area contributed by atoms with E-state index in [0.29, 0.717) is 11.7 Å². The second-order valence-corrected chi connectivity index (χ2v) is 4.17. The molecule has 0 atom stereocenters. The van der Waals surface area contributed by atoms with Crippen LogP contribution >= 0.6 is 11.6 Å². The zero-order valence-corrected chi connectivity index (χ0v) is 11.5. The number of hydrogen-bond acceptors (Lipinski definition) is 6. The van der Waals surface area contributed by atoms with Gasteiger partial charge in [0.1, 0.15) is 5.15 Å². The number of hydrogen-bond donors (Lipinski definition) is 0. The lowest BCUT2D eigenvalue weighted by Crippen LogP contribution is -2.35. The summed E-state index contributed by atoms with van der Waals surface area (Å²) in [6.07, 6.45) is 1.56. The summed E-state index contributed by atoms with van der Waals surface area (Å²) in [5.74, 6) is -0.854. The van der Waals surface area contributed by atoms with Gasteiger partial charge >= 0.3 is 11.9 Å². The van der Waals surface area contributed by atoms with E-state index in [1.54, 1.807) is 23.2 Å². The lowest BCUT2D eigenvalue weighted by Gasteiger charge is -2.19. The zero-order chi connectivity index (χ0) is 14.3. The minimum Gasteiger partial charge on any atom is -0.468 e. The van der Waals surface area contributed by atoms with E-state index in [9.17, 15) is 9.59 Å². The molecule has 7 heteroatoms. The first-order valence-corrected chi connectivity index (χ1v) is 5.89. The summed E-state index contributed by atoms with van der Waals surface area (Å²) in [7, 11) is 2.59. The first kappa shape index (κ1) is 15.4. The Bertz CT molecular complexity index is 435. The lowest BCUT2D eigenvalue weighted by molar-refractivity contribution is -0.145. The second-order valence-electron chi connectivity index (χ2n) is 3.78. The minimum absolute atomic E-state index is 0.00839. The van der Waals surface area contributed by atoms with E-state index in [2.05, 4.69) is 14.5 Å². The summed E-state index contributed by atoms with van der Waals surface area (Å²) in [4.78, 5) is 28.1. The van der Waals surface area contributed by atoms with Crippen LogP contribution in [0.3, 0.4) is 0 Å². The third-order valence-electron chi connectivity index (χ3n) is 2.36. The van der Waals surface area contributed by atoms with Crippen molar-refractivity contribution in [2.75, 3.05) is 27.3 Å². The minimum atomic E-state index is -0.427. The molecule has 0 saturated carbocycles. The van der Waals surface area contributed by atoms with Crippen molar-refractivity contribution in [2.24, 2.45) is 0 Å². The zero-order valence-electron chi connectivity index (χ0n) is 10.8. The quantitative estimate of drug-likeness (QED) is 0.571. The van der Waals surface area contributed by atoms with Gasteiger partial charge in [0.25, 0.3) is 0 Å². The molecule has 19 heavy (non-hydrogen) atoms. The first-order chi connectivity index (χ1) is 9.05. The van der Waals surface area contributed by atoms with E-state index >= 15 is 0 Å². The number of methoxy groups -OCH3 is 2. The first-order valence-electron chi connectivity index (χ1n) is 5.51. The molecule has 1 heterocycles. The van der Waals surface area contributed by atoms with Crippen molar-refractivity contribution >= 4 is 23.5 Å². The van der Waals surface area contributed by atoms with Crippen molar-refractivity contribution < 1.29 is 19.1 Å². The van der Waals surface area contributed by atoms with Crippen LogP contribution < -0.4 is 0 Å². The molecule has 6 nitrogen and oxygen atoms in total. The van der Waals surface area contributed by atoms with Gasteiger partial charge in [0.05, 0.1) is 27.3 Å². The van der Waals surface area contributed by atoms with Gasteiger partial charge in [-0.1, -0.05) is 11.6 Å². The van der Waals surface area contributed by atoms with Crippen LogP contribution in [0.25, 0.3) is 0 Å². The van der Waals surface area contributed by atoms with E-state index in [-0.39, 0.29) is 13.1 Å². The normalized spacial score (nSPS) is 10.3. The van der Waals surface area contributed by atoms with Gasteiger partial charge in [0.15, 0.2) is 0 Å². The van der Waals surface area contributed by atoms with Gasteiger partial charge in [0.2, 0.25) is 0 Å². The average Bonchev–Trinajstić information content (AvgIpc) is 2.38. The maximum Gasteiger partial charge on any atom is 0.319 e. The number of esters is 2. The summed E-state index contributed by atoms with van der Waals surface area (Å²) in [5, 5.41) is 0.355. The molecular formula is C12H15ClN2O4. The highest BCUT2D eigenvalue weighted by Gasteiger charge is 2.16. The van der Waals surface area contributed by atoms with Crippen LogP contribution in [0, 0.1) is 0 Å². The molecule has 0 amide bonds. The Kier molecular flexibility index (Phi) is 6.24. The predicted molar refractivity (Wildman–Crippen MR) is 68.6 cm³/mol. The molecule has 104 valence electrons. The molecule has 0 radical (unpaired) electrons. The third kappa shape index (κ3) is 5.67. The fourth-order valence-corrected chi connectivity index (χ4v) is 1.66. The highest BCUT2D eigenvalue weighted by molar-refractivity contribution is 6.29. The van der Waals surface area contributed by atoms with Gasteiger partial charge in [-0.05, 0) is 17.7 Å². The smallest absolute Gasteiger partial charge is 0.319 e. The van der Waals surface area contributed by atoms with Gasteiger partial charge in [-0.2, -0.15) is 0 Å². The van der Waals surface area contributed by atoms with Gasteiger partial charge in [-0.3, -0.25) is 14.5 Å². The number of rotatable bonds is 6. The fourth-order valence-electron chi connectivity index (χ4n) is 1.46. The number of halogens is 1. The van der Waals surface area contributed by atoms with E-state index in [4.69, 9.17) is 11.6 Å². The van der Waals surface area contributed by atoms with Gasteiger partial charge in [0, 0.05) is 12.7 Å². The van der Waals surface area contributed by atoms with E-state index in [1.807, 2.05) is 0 Å². The summed E-state index contributed by atoms with van der Waals surface area (Å²) < 4.78 is 9.17. The van der Waals surface area contributed by atoms with Crippen LogP contribution in [0.2, 0.25) is 5.15 Å². The van der Waals surface area contributed by atoms with Crippen molar-refractivity contribution in [2.45, 2.75) is 6.54 Å². The standard InChI is InChI=1S/C12H15ClN2O4/c1-18-11(16)7-15(8-12(17)19-2)6-9-3-4-14-10(13)5-9/h3-5H,6-8H2,1-2H3. The molecular weight excluding hydrogens is 272 g/mol. The Morgan fingerprint density at radius 3 is 2.32 bits per heavy atom. The SMILES string of the molecule is COC(=O)CN(CC(=O)OC)Cc1ccnc(Cl)c1. The molecule has 0 fully saturated rings. The Morgan fingerprint density at radius 1 is 1.26 bits per heavy atom. The third-order valence-corrected chi connectivity index (χ3v) is 2.56. The molecule has 1 aromatic heterocycles. The molecule has 0 N–H and O–H groups in total. The molecule has 1 aromatic rings. The van der Waals surface area contributed by atoms with Gasteiger partial charge in [-0.25, -0.2) is 4.98 Å². The van der Waals surface area contributed by atoms with Crippen molar-refractivity contribution in [3.8, 4) is 0 Å². The molecule has 0 bridgehead atoms.